The summed E-state index contributed by atoms with van der Waals surface area (Å²) in [5.41, 5.74) is -2.12. The summed E-state index contributed by atoms with van der Waals surface area (Å²) in [6, 6.07) is 11.9. The van der Waals surface area contributed by atoms with Crippen LogP contribution >= 0.6 is 21.6 Å². The lowest BCUT2D eigenvalue weighted by molar-refractivity contribution is -0.315. The summed E-state index contributed by atoms with van der Waals surface area (Å²) < 4.78 is 12.2. The first-order valence-corrected chi connectivity index (χ1v) is 23.2. The van der Waals surface area contributed by atoms with E-state index >= 15 is 9.59 Å². The molecule has 6 aliphatic rings. The molecule has 3 heterocycles. The molecule has 15 heteroatoms. The number of fused-ring (bicyclic) bond motifs is 3. The average Bonchev–Trinajstić information content (AvgIpc) is 3.25. The average molecular weight is 863 g/mol. The SMILES string of the molecule is O=C1c2cccc3c2C(=O)C2(C(O)=CC(Cc4cccc(CO)c4)=CC12)C(CCC1(O)CCCCC1)SSCNC1=CC(=CCN1)CCC1(O)C(O)C(CO)OC(O3)C1O. The van der Waals surface area contributed by atoms with Crippen molar-refractivity contribution in [3.63, 3.8) is 0 Å². The molecule has 1 saturated carbocycles. The molecule has 60 heavy (non-hydrogen) atoms. The molecule has 2 aromatic rings. The number of hydrogen-bond acceptors (Lipinski definition) is 15. The molecule has 13 nitrogen and oxygen atoms in total. The number of ketones is 2. The van der Waals surface area contributed by atoms with E-state index < -0.39 is 70.6 Å². The number of Topliss-reactive ketones (excluding diaryl/α,β-unsaturated/α-hetero) is 2. The first-order chi connectivity index (χ1) is 28.9. The quantitative estimate of drug-likeness (QED) is 0.178. The van der Waals surface area contributed by atoms with Crippen molar-refractivity contribution in [3.05, 3.63) is 112 Å². The summed E-state index contributed by atoms with van der Waals surface area (Å²) in [6.45, 7) is -0.393. The lowest BCUT2D eigenvalue weighted by Gasteiger charge is -2.49. The van der Waals surface area contributed by atoms with E-state index in [1.165, 1.54) is 33.7 Å². The Kier molecular flexibility index (Phi) is 12.6. The summed E-state index contributed by atoms with van der Waals surface area (Å²) in [4.78, 5) is 30.9. The number of hydrogen-bond donors (Lipinski definition) is 9. The van der Waals surface area contributed by atoms with Gasteiger partial charge in [0.25, 0.3) is 0 Å². The molecule has 1 saturated heterocycles. The minimum absolute atomic E-state index is 0.0427. The molecule has 3 aliphatic heterocycles. The second-order valence-corrected chi connectivity index (χ2v) is 19.5. The van der Waals surface area contributed by atoms with E-state index in [9.17, 15) is 35.7 Å². The van der Waals surface area contributed by atoms with Gasteiger partial charge >= 0.3 is 0 Å². The lowest BCUT2D eigenvalue weighted by Crippen LogP contribution is -2.68. The minimum Gasteiger partial charge on any atom is -0.511 e. The number of dihydropyridines is 1. The van der Waals surface area contributed by atoms with E-state index in [0.29, 0.717) is 55.1 Å². The fourth-order valence-corrected chi connectivity index (χ4v) is 12.7. The summed E-state index contributed by atoms with van der Waals surface area (Å²) in [6.07, 6.45) is 5.56. The zero-order valence-electron chi connectivity index (χ0n) is 33.3. The summed E-state index contributed by atoms with van der Waals surface area (Å²) >= 11 is 0. The largest absolute Gasteiger partial charge is 0.511 e. The molecular weight excluding hydrogens is 809 g/mol. The molecule has 322 valence electrons. The number of benzene rings is 2. The van der Waals surface area contributed by atoms with E-state index in [4.69, 9.17) is 9.47 Å². The molecule has 0 aromatic heterocycles. The maximum absolute atomic E-state index is 15.8. The van der Waals surface area contributed by atoms with Gasteiger partial charge in [0.2, 0.25) is 6.29 Å². The number of aliphatic hydroxyl groups is 7. The van der Waals surface area contributed by atoms with Gasteiger partial charge in [-0.05, 0) is 85.4 Å². The van der Waals surface area contributed by atoms with Crippen LogP contribution in [0.4, 0.5) is 0 Å². The number of allylic oxidation sites excluding steroid dienone is 6. The molecule has 2 fully saturated rings. The standard InChI is InChI=1S/C45H54N2O11S2/c48-23-28-7-4-6-27(18-28)19-29-20-31-38(51)30-8-5-9-32-37(30)40(53)45(31,34(50)21-29)35(11-15-43(55)13-2-1-3-14-43)60-59-25-47-36-22-26(12-17-46-36)10-16-44(56)39(52)33(24-49)58-42(57-32)41(44)54/h4-9,12,18,20-22,31,33,35,39,41-42,46-50,52,54-56H,1-3,10-11,13-17,19,23-25H2. The molecule has 8 unspecified atom stereocenters. The number of carbonyl (C=O) groups excluding carboxylic acids is 2. The van der Waals surface area contributed by atoms with Gasteiger partial charge in [-0.2, -0.15) is 0 Å². The van der Waals surface area contributed by atoms with Crippen molar-refractivity contribution in [3.8, 4) is 5.75 Å². The van der Waals surface area contributed by atoms with E-state index in [1.54, 1.807) is 24.3 Å². The Labute approximate surface area is 357 Å². The maximum atomic E-state index is 15.8. The predicted octanol–water partition coefficient (Wildman–Crippen LogP) is 4.27. The molecule has 6 bridgehead atoms. The molecule has 1 spiro atoms. The number of nitrogens with one attached hydrogen (secondary N) is 2. The maximum Gasteiger partial charge on any atom is 0.229 e. The lowest BCUT2D eigenvalue weighted by atomic mass is 9.56. The molecule has 0 radical (unpaired) electrons. The van der Waals surface area contributed by atoms with Crippen molar-refractivity contribution in [2.75, 3.05) is 19.0 Å². The van der Waals surface area contributed by atoms with Crippen molar-refractivity contribution in [1.82, 2.24) is 10.6 Å². The monoisotopic (exact) mass is 862 g/mol. The summed E-state index contributed by atoms with van der Waals surface area (Å²) in [5, 5.41) is 85.4. The van der Waals surface area contributed by atoms with Gasteiger partial charge in [-0.15, -0.1) is 0 Å². The highest BCUT2D eigenvalue weighted by molar-refractivity contribution is 8.76. The van der Waals surface area contributed by atoms with Gasteiger partial charge in [0.1, 0.15) is 40.8 Å². The summed E-state index contributed by atoms with van der Waals surface area (Å²) in [7, 11) is 2.81. The van der Waals surface area contributed by atoms with Crippen molar-refractivity contribution >= 4 is 33.2 Å². The third kappa shape index (κ3) is 7.97. The van der Waals surface area contributed by atoms with Crippen molar-refractivity contribution < 1.29 is 54.8 Å². The van der Waals surface area contributed by atoms with E-state index in [0.717, 1.165) is 30.4 Å². The van der Waals surface area contributed by atoms with Crippen molar-refractivity contribution in [2.45, 2.75) is 112 Å². The van der Waals surface area contributed by atoms with Crippen LogP contribution in [0, 0.1) is 11.3 Å². The first-order valence-electron chi connectivity index (χ1n) is 20.8. The van der Waals surface area contributed by atoms with Crippen LogP contribution in [0.15, 0.2) is 89.5 Å². The molecule has 8 rings (SSSR count). The van der Waals surface area contributed by atoms with Crippen LogP contribution in [0.2, 0.25) is 0 Å². The molecule has 2 aromatic carbocycles. The van der Waals surface area contributed by atoms with E-state index in [-0.39, 0.29) is 48.5 Å². The zero-order valence-corrected chi connectivity index (χ0v) is 34.9. The minimum atomic E-state index is -2.21. The van der Waals surface area contributed by atoms with Crippen LogP contribution in [0.25, 0.3) is 0 Å². The fraction of sp³-hybridized carbons (Fsp3) is 0.511. The normalized spacial score (nSPS) is 32.9. The Morgan fingerprint density at radius 2 is 1.70 bits per heavy atom. The molecule has 8 atom stereocenters. The van der Waals surface area contributed by atoms with Crippen LogP contribution in [-0.2, 0) is 17.8 Å². The first kappa shape index (κ1) is 43.0. The Hall–Kier alpha value is -3.64. The van der Waals surface area contributed by atoms with Gasteiger partial charge in [0.05, 0.1) is 42.0 Å². The third-order valence-electron chi connectivity index (χ3n) is 13.2. The van der Waals surface area contributed by atoms with Crippen LogP contribution in [-0.4, -0.2) is 107 Å². The predicted molar refractivity (Wildman–Crippen MR) is 227 cm³/mol. The molecular formula is C45H54N2O11S2. The third-order valence-corrected chi connectivity index (χ3v) is 15.9. The summed E-state index contributed by atoms with van der Waals surface area (Å²) in [5.74, 6) is -1.55. The Bertz CT molecular complexity index is 2100. The van der Waals surface area contributed by atoms with Crippen LogP contribution < -0.4 is 15.4 Å². The van der Waals surface area contributed by atoms with Gasteiger partial charge in [-0.3, -0.25) is 9.59 Å². The zero-order chi connectivity index (χ0) is 42.2. The fourth-order valence-electron chi connectivity index (χ4n) is 9.89. The number of rotatable bonds is 7. The van der Waals surface area contributed by atoms with Crippen LogP contribution in [0.5, 0.6) is 5.75 Å². The van der Waals surface area contributed by atoms with Crippen molar-refractivity contribution in [1.29, 1.82) is 0 Å². The van der Waals surface area contributed by atoms with Gasteiger partial charge in [-0.25, -0.2) is 0 Å². The topological polar surface area (TPSA) is 218 Å². The van der Waals surface area contributed by atoms with Crippen LogP contribution in [0.3, 0.4) is 0 Å². The number of aliphatic hydroxyl groups excluding tert-OH is 5. The molecule has 0 amide bonds. The number of ether oxygens (including phenoxy) is 2. The van der Waals surface area contributed by atoms with Gasteiger partial charge in [-0.1, -0.05) is 89.4 Å². The van der Waals surface area contributed by atoms with E-state index in [1.807, 2.05) is 30.4 Å². The van der Waals surface area contributed by atoms with Gasteiger partial charge in [0, 0.05) is 17.4 Å². The molecule has 9 N–H and O–H groups in total. The molecule has 3 aliphatic carbocycles. The van der Waals surface area contributed by atoms with E-state index in [2.05, 4.69) is 10.6 Å². The Balaban J connectivity index is 1.27. The Morgan fingerprint density at radius 1 is 0.917 bits per heavy atom. The smallest absolute Gasteiger partial charge is 0.229 e. The highest BCUT2D eigenvalue weighted by Gasteiger charge is 2.63. The second-order valence-electron chi connectivity index (χ2n) is 16.9. The second kappa shape index (κ2) is 17.6. The Morgan fingerprint density at radius 3 is 2.48 bits per heavy atom. The van der Waals surface area contributed by atoms with Gasteiger partial charge < -0.3 is 55.9 Å². The highest BCUT2D eigenvalue weighted by atomic mass is 33.1. The highest BCUT2D eigenvalue weighted by Crippen LogP contribution is 2.58. The number of carbonyl (C=O) groups is 2. The van der Waals surface area contributed by atoms with Crippen molar-refractivity contribution in [2.24, 2.45) is 11.3 Å². The van der Waals surface area contributed by atoms with Gasteiger partial charge in [0.15, 0.2) is 11.6 Å². The van der Waals surface area contributed by atoms with Crippen LogP contribution in [0.1, 0.15) is 89.6 Å².